The molecule has 0 amide bonds. The topological polar surface area (TPSA) is 37.9 Å². The average Bonchev–Trinajstić information content (AvgIpc) is 2.98. The molecule has 3 nitrogen and oxygen atoms in total. The Morgan fingerprint density at radius 1 is 0.800 bits per heavy atom. The Balaban J connectivity index is 1.83. The third-order valence-corrected chi connectivity index (χ3v) is 3.36. The van der Waals surface area contributed by atoms with Gasteiger partial charge in [0.1, 0.15) is 5.75 Å². The first-order chi connectivity index (χ1) is 9.88. The maximum atomic E-state index is 5.67. The van der Waals surface area contributed by atoms with E-state index in [4.69, 9.17) is 4.74 Å². The summed E-state index contributed by atoms with van der Waals surface area (Å²) < 4.78 is 5.67. The molecule has 0 spiro atoms. The van der Waals surface area contributed by atoms with Crippen molar-refractivity contribution < 1.29 is 4.74 Å². The van der Waals surface area contributed by atoms with Gasteiger partial charge in [-0.05, 0) is 45.8 Å². The summed E-state index contributed by atoms with van der Waals surface area (Å²) in [6.07, 6.45) is 3.41. The van der Waals surface area contributed by atoms with E-state index in [9.17, 15) is 0 Å². The first-order valence-corrected chi connectivity index (χ1v) is 6.48. The van der Waals surface area contributed by atoms with Crippen LogP contribution in [0.3, 0.4) is 0 Å². The Bertz CT molecular complexity index is 882. The van der Waals surface area contributed by atoms with Crippen molar-refractivity contribution in [3.05, 3.63) is 67.0 Å². The van der Waals surface area contributed by atoms with Crippen molar-refractivity contribution in [1.82, 2.24) is 9.97 Å². The van der Waals surface area contributed by atoms with Crippen LogP contribution in [-0.4, -0.2) is 9.97 Å². The fraction of sp³-hybridized carbons (Fsp3) is 0. The van der Waals surface area contributed by atoms with Crippen LogP contribution in [0.4, 0.5) is 0 Å². The molecule has 0 bridgehead atoms. The fourth-order valence-electron chi connectivity index (χ4n) is 2.40. The monoisotopic (exact) mass is 260 g/mol. The molecule has 0 saturated heterocycles. The lowest BCUT2D eigenvalue weighted by atomic mass is 10.0. The van der Waals surface area contributed by atoms with Crippen LogP contribution in [0, 0.1) is 0 Å². The lowest BCUT2D eigenvalue weighted by Crippen LogP contribution is -1.86. The van der Waals surface area contributed by atoms with E-state index in [1.165, 1.54) is 16.2 Å². The molecule has 96 valence electrons. The van der Waals surface area contributed by atoms with E-state index < -0.39 is 0 Å². The molecule has 0 radical (unpaired) electrons. The van der Waals surface area contributed by atoms with Crippen molar-refractivity contribution in [2.45, 2.75) is 0 Å². The molecule has 0 aliphatic heterocycles. The number of hydrogen-bond donors (Lipinski definition) is 1. The summed E-state index contributed by atoms with van der Waals surface area (Å²) in [5, 5.41) is 4.85. The third kappa shape index (κ3) is 1.89. The molecule has 1 aromatic heterocycles. The Hall–Kier alpha value is -2.81. The minimum Gasteiger partial charge on any atom is -0.426 e. The summed E-state index contributed by atoms with van der Waals surface area (Å²) in [5.41, 5.74) is 0. The lowest BCUT2D eigenvalue weighted by Gasteiger charge is -2.05. The summed E-state index contributed by atoms with van der Waals surface area (Å²) in [6.45, 7) is 0. The van der Waals surface area contributed by atoms with Crippen molar-refractivity contribution in [3.63, 3.8) is 0 Å². The van der Waals surface area contributed by atoms with Crippen molar-refractivity contribution in [3.8, 4) is 11.8 Å². The molecule has 20 heavy (non-hydrogen) atoms. The number of aromatic nitrogens is 2. The van der Waals surface area contributed by atoms with Crippen LogP contribution in [0.5, 0.6) is 11.8 Å². The van der Waals surface area contributed by atoms with Gasteiger partial charge in [0, 0.05) is 12.4 Å². The van der Waals surface area contributed by atoms with Gasteiger partial charge in [-0.3, -0.25) is 0 Å². The number of nitrogens with one attached hydrogen (secondary N) is 1. The van der Waals surface area contributed by atoms with E-state index in [-0.39, 0.29) is 0 Å². The average molecular weight is 260 g/mol. The number of H-pyrrole nitrogens is 1. The molecule has 0 saturated carbocycles. The van der Waals surface area contributed by atoms with Crippen LogP contribution in [0.2, 0.25) is 0 Å². The molecule has 3 aromatic carbocycles. The highest BCUT2D eigenvalue weighted by atomic mass is 16.5. The Labute approximate surface area is 115 Å². The van der Waals surface area contributed by atoms with Gasteiger partial charge >= 0.3 is 0 Å². The standard InChI is InChI=1S/C17H12N2O/c1-2-4-13-10-15-11-16(20-17-18-7-8-19-17)6-5-14(15)9-12(13)3-1/h1-11H,(H,18,19). The van der Waals surface area contributed by atoms with Crippen LogP contribution in [0.15, 0.2) is 67.0 Å². The highest BCUT2D eigenvalue weighted by Crippen LogP contribution is 2.27. The number of ether oxygens (including phenoxy) is 1. The normalized spacial score (nSPS) is 11.0. The Morgan fingerprint density at radius 2 is 1.55 bits per heavy atom. The molecule has 0 fully saturated rings. The van der Waals surface area contributed by atoms with E-state index >= 15 is 0 Å². The van der Waals surface area contributed by atoms with Crippen LogP contribution >= 0.6 is 0 Å². The molecule has 4 aromatic rings. The number of nitrogens with zero attached hydrogens (tertiary/aromatic N) is 1. The minimum absolute atomic E-state index is 0.505. The Kier molecular flexibility index (Phi) is 2.42. The second-order valence-corrected chi connectivity index (χ2v) is 4.70. The molecular formula is C17H12N2O. The van der Waals surface area contributed by atoms with Gasteiger partial charge in [0.25, 0.3) is 6.01 Å². The zero-order chi connectivity index (χ0) is 13.4. The molecule has 0 atom stereocenters. The van der Waals surface area contributed by atoms with Gasteiger partial charge in [-0.2, -0.15) is 0 Å². The van der Waals surface area contributed by atoms with Crippen LogP contribution in [0.25, 0.3) is 21.5 Å². The van der Waals surface area contributed by atoms with Crippen LogP contribution < -0.4 is 4.74 Å². The molecule has 0 unspecified atom stereocenters. The summed E-state index contributed by atoms with van der Waals surface area (Å²) >= 11 is 0. The number of fused-ring (bicyclic) bond motifs is 2. The molecule has 1 N–H and O–H groups in total. The van der Waals surface area contributed by atoms with E-state index in [0.29, 0.717) is 6.01 Å². The van der Waals surface area contributed by atoms with Gasteiger partial charge < -0.3 is 9.72 Å². The van der Waals surface area contributed by atoms with E-state index in [1.807, 2.05) is 12.1 Å². The lowest BCUT2D eigenvalue weighted by molar-refractivity contribution is 0.448. The number of rotatable bonds is 2. The summed E-state index contributed by atoms with van der Waals surface area (Å²) in [6, 6.07) is 19.3. The van der Waals surface area contributed by atoms with Gasteiger partial charge in [-0.1, -0.05) is 30.3 Å². The SMILES string of the molecule is c1ccc2cc3cc(Oc4ncc[nH]4)ccc3cc2c1. The smallest absolute Gasteiger partial charge is 0.299 e. The fourth-order valence-corrected chi connectivity index (χ4v) is 2.40. The zero-order valence-corrected chi connectivity index (χ0v) is 10.7. The van der Waals surface area contributed by atoms with Gasteiger partial charge in [-0.25, -0.2) is 4.98 Å². The highest BCUT2D eigenvalue weighted by Gasteiger charge is 2.02. The van der Waals surface area contributed by atoms with Crippen LogP contribution in [-0.2, 0) is 0 Å². The quantitative estimate of drug-likeness (QED) is 0.538. The number of aromatic amines is 1. The molecule has 0 aliphatic carbocycles. The van der Waals surface area contributed by atoms with Crippen molar-refractivity contribution >= 4 is 21.5 Å². The summed E-state index contributed by atoms with van der Waals surface area (Å²) in [4.78, 5) is 6.99. The largest absolute Gasteiger partial charge is 0.426 e. The van der Waals surface area contributed by atoms with Gasteiger partial charge in [0.05, 0.1) is 0 Å². The van der Waals surface area contributed by atoms with Crippen molar-refractivity contribution in [2.75, 3.05) is 0 Å². The molecule has 4 rings (SSSR count). The maximum absolute atomic E-state index is 5.67. The second kappa shape index (κ2) is 4.38. The summed E-state index contributed by atoms with van der Waals surface area (Å²) in [7, 11) is 0. The first kappa shape index (κ1) is 11.1. The predicted octanol–water partition coefficient (Wildman–Crippen LogP) is 4.51. The molecular weight excluding hydrogens is 248 g/mol. The van der Waals surface area contributed by atoms with Gasteiger partial charge in [-0.15, -0.1) is 0 Å². The zero-order valence-electron chi connectivity index (χ0n) is 10.7. The van der Waals surface area contributed by atoms with Gasteiger partial charge in [0.2, 0.25) is 0 Å². The van der Waals surface area contributed by atoms with E-state index in [0.717, 1.165) is 11.1 Å². The molecule has 3 heteroatoms. The second-order valence-electron chi connectivity index (χ2n) is 4.70. The first-order valence-electron chi connectivity index (χ1n) is 6.48. The number of benzene rings is 3. The van der Waals surface area contributed by atoms with Gasteiger partial charge in [0.15, 0.2) is 0 Å². The molecule has 0 aliphatic rings. The predicted molar refractivity (Wildman–Crippen MR) is 80.1 cm³/mol. The van der Waals surface area contributed by atoms with E-state index in [1.54, 1.807) is 12.4 Å². The maximum Gasteiger partial charge on any atom is 0.299 e. The number of imidazole rings is 1. The van der Waals surface area contributed by atoms with Crippen LogP contribution in [0.1, 0.15) is 0 Å². The Morgan fingerprint density at radius 3 is 2.30 bits per heavy atom. The summed E-state index contributed by atoms with van der Waals surface area (Å²) in [5.74, 6) is 0.780. The number of hydrogen-bond acceptors (Lipinski definition) is 2. The molecule has 1 heterocycles. The van der Waals surface area contributed by atoms with Crippen molar-refractivity contribution in [1.29, 1.82) is 0 Å². The van der Waals surface area contributed by atoms with Crippen molar-refractivity contribution in [2.24, 2.45) is 0 Å². The third-order valence-electron chi connectivity index (χ3n) is 3.36. The van der Waals surface area contributed by atoms with E-state index in [2.05, 4.69) is 52.4 Å². The highest BCUT2D eigenvalue weighted by molar-refractivity contribution is 5.98. The minimum atomic E-state index is 0.505.